The van der Waals surface area contributed by atoms with E-state index in [1.54, 1.807) is 0 Å². The molecule has 0 saturated carbocycles. The van der Waals surface area contributed by atoms with Crippen LogP contribution in [0.4, 0.5) is 0 Å². The molecule has 0 amide bonds. The van der Waals surface area contributed by atoms with Crippen molar-refractivity contribution in [3.63, 3.8) is 0 Å². The molecule has 2 atom stereocenters. The fraction of sp³-hybridized carbons (Fsp3) is 0.769. The van der Waals surface area contributed by atoms with E-state index in [-0.39, 0.29) is 5.41 Å². The number of aromatic amines is 1. The van der Waals surface area contributed by atoms with E-state index >= 15 is 0 Å². The lowest BCUT2D eigenvalue weighted by molar-refractivity contribution is 0.180. The predicted octanol–water partition coefficient (Wildman–Crippen LogP) is 1.55. The van der Waals surface area contributed by atoms with Gasteiger partial charge >= 0.3 is 0 Å². The first kappa shape index (κ1) is 11.2. The van der Waals surface area contributed by atoms with Gasteiger partial charge in [-0.25, -0.2) is 4.98 Å². The molecule has 4 nitrogen and oxygen atoms in total. The molecule has 17 heavy (non-hydrogen) atoms. The van der Waals surface area contributed by atoms with E-state index in [1.807, 2.05) is 6.20 Å². The maximum absolute atomic E-state index is 5.51. The molecule has 2 N–H and O–H groups in total. The SMILES string of the molecule is CC1(c2cnc(C3CCCNC3)[nH]2)CCOC1. The van der Waals surface area contributed by atoms with Crippen LogP contribution in [0.15, 0.2) is 6.20 Å². The summed E-state index contributed by atoms with van der Waals surface area (Å²) in [5.74, 6) is 1.71. The normalized spacial score (nSPS) is 34.1. The standard InChI is InChI=1S/C13H21N3O/c1-13(4-6-17-9-13)11-8-15-12(16-11)10-3-2-5-14-7-10/h8,10,14H,2-7,9H2,1H3,(H,15,16). The molecule has 3 heterocycles. The third kappa shape index (κ3) is 2.11. The average Bonchev–Trinajstić information content (AvgIpc) is 2.99. The van der Waals surface area contributed by atoms with Crippen LogP contribution in [0, 0.1) is 0 Å². The first-order chi connectivity index (χ1) is 8.28. The van der Waals surface area contributed by atoms with Crippen molar-refractivity contribution in [2.24, 2.45) is 0 Å². The second-order valence-electron chi connectivity index (χ2n) is 5.59. The third-order valence-electron chi connectivity index (χ3n) is 4.15. The lowest BCUT2D eigenvalue weighted by Crippen LogP contribution is -2.29. The van der Waals surface area contributed by atoms with Crippen LogP contribution in [-0.2, 0) is 10.2 Å². The first-order valence-electron chi connectivity index (χ1n) is 6.62. The largest absolute Gasteiger partial charge is 0.380 e. The highest BCUT2D eigenvalue weighted by Crippen LogP contribution is 2.32. The van der Waals surface area contributed by atoms with Crippen LogP contribution in [0.2, 0.25) is 0 Å². The highest BCUT2D eigenvalue weighted by atomic mass is 16.5. The Kier molecular flexibility index (Phi) is 2.92. The monoisotopic (exact) mass is 235 g/mol. The van der Waals surface area contributed by atoms with Crippen LogP contribution >= 0.6 is 0 Å². The zero-order valence-corrected chi connectivity index (χ0v) is 10.5. The van der Waals surface area contributed by atoms with Crippen molar-refractivity contribution in [1.29, 1.82) is 0 Å². The quantitative estimate of drug-likeness (QED) is 0.818. The Labute approximate surface area is 102 Å². The van der Waals surface area contributed by atoms with Crippen molar-refractivity contribution in [1.82, 2.24) is 15.3 Å². The summed E-state index contributed by atoms with van der Waals surface area (Å²) in [6, 6.07) is 0. The molecule has 94 valence electrons. The topological polar surface area (TPSA) is 49.9 Å². The number of nitrogens with zero attached hydrogens (tertiary/aromatic N) is 1. The Morgan fingerprint density at radius 2 is 2.47 bits per heavy atom. The molecule has 2 saturated heterocycles. The van der Waals surface area contributed by atoms with Gasteiger partial charge in [-0.1, -0.05) is 6.92 Å². The summed E-state index contributed by atoms with van der Waals surface area (Å²) in [5.41, 5.74) is 1.39. The van der Waals surface area contributed by atoms with E-state index in [0.717, 1.165) is 38.5 Å². The minimum atomic E-state index is 0.146. The number of piperidine rings is 1. The van der Waals surface area contributed by atoms with Crippen LogP contribution in [0.1, 0.15) is 43.6 Å². The number of hydrogen-bond acceptors (Lipinski definition) is 3. The Hall–Kier alpha value is -0.870. The number of ether oxygens (including phenoxy) is 1. The fourth-order valence-electron chi connectivity index (χ4n) is 2.82. The highest BCUT2D eigenvalue weighted by Gasteiger charge is 2.34. The molecule has 2 aliphatic rings. The lowest BCUT2D eigenvalue weighted by Gasteiger charge is -2.22. The van der Waals surface area contributed by atoms with Gasteiger partial charge in [-0.3, -0.25) is 0 Å². The molecule has 2 fully saturated rings. The maximum Gasteiger partial charge on any atom is 0.110 e. The van der Waals surface area contributed by atoms with Gasteiger partial charge in [0, 0.05) is 36.4 Å². The summed E-state index contributed by atoms with van der Waals surface area (Å²) in [6.45, 7) is 6.15. The number of nitrogens with one attached hydrogen (secondary N) is 2. The zero-order valence-electron chi connectivity index (χ0n) is 10.5. The van der Waals surface area contributed by atoms with Crippen LogP contribution in [-0.4, -0.2) is 36.3 Å². The van der Waals surface area contributed by atoms with Crippen molar-refractivity contribution in [3.8, 4) is 0 Å². The number of H-pyrrole nitrogens is 1. The molecule has 0 aromatic carbocycles. The molecular formula is C13H21N3O. The Morgan fingerprint density at radius 3 is 3.18 bits per heavy atom. The van der Waals surface area contributed by atoms with Gasteiger partial charge in [0.1, 0.15) is 5.82 Å². The van der Waals surface area contributed by atoms with Gasteiger partial charge in [-0.05, 0) is 25.8 Å². The Morgan fingerprint density at radius 1 is 1.53 bits per heavy atom. The van der Waals surface area contributed by atoms with E-state index in [9.17, 15) is 0 Å². The van der Waals surface area contributed by atoms with Crippen molar-refractivity contribution in [2.75, 3.05) is 26.3 Å². The van der Waals surface area contributed by atoms with Gasteiger partial charge in [0.25, 0.3) is 0 Å². The summed E-state index contributed by atoms with van der Waals surface area (Å²) in [7, 11) is 0. The van der Waals surface area contributed by atoms with Gasteiger partial charge < -0.3 is 15.0 Å². The summed E-state index contributed by atoms with van der Waals surface area (Å²) in [5, 5.41) is 3.44. The van der Waals surface area contributed by atoms with E-state index in [4.69, 9.17) is 4.74 Å². The second-order valence-corrected chi connectivity index (χ2v) is 5.59. The lowest BCUT2D eigenvalue weighted by atomic mass is 9.87. The van der Waals surface area contributed by atoms with Crippen molar-refractivity contribution in [2.45, 2.75) is 37.5 Å². The summed E-state index contributed by atoms with van der Waals surface area (Å²) >= 11 is 0. The van der Waals surface area contributed by atoms with Crippen LogP contribution in [0.3, 0.4) is 0 Å². The third-order valence-corrected chi connectivity index (χ3v) is 4.15. The van der Waals surface area contributed by atoms with Gasteiger partial charge in [0.05, 0.1) is 6.61 Å². The molecular weight excluding hydrogens is 214 g/mol. The number of imidazole rings is 1. The molecule has 3 rings (SSSR count). The van der Waals surface area contributed by atoms with E-state index < -0.39 is 0 Å². The molecule has 1 aromatic rings. The van der Waals surface area contributed by atoms with Crippen LogP contribution in [0.5, 0.6) is 0 Å². The highest BCUT2D eigenvalue weighted by molar-refractivity contribution is 5.18. The smallest absolute Gasteiger partial charge is 0.110 e. The Bertz CT molecular complexity index is 376. The summed E-state index contributed by atoms with van der Waals surface area (Å²) in [4.78, 5) is 8.11. The summed E-state index contributed by atoms with van der Waals surface area (Å²) < 4.78 is 5.51. The first-order valence-corrected chi connectivity index (χ1v) is 6.62. The molecule has 2 unspecified atom stereocenters. The van der Waals surface area contributed by atoms with E-state index in [0.29, 0.717) is 5.92 Å². The van der Waals surface area contributed by atoms with E-state index in [1.165, 1.54) is 18.5 Å². The number of aromatic nitrogens is 2. The van der Waals surface area contributed by atoms with Crippen LogP contribution < -0.4 is 5.32 Å². The zero-order chi connectivity index (χ0) is 11.7. The second kappa shape index (κ2) is 4.42. The Balaban J connectivity index is 1.77. The van der Waals surface area contributed by atoms with Crippen molar-refractivity contribution >= 4 is 0 Å². The minimum absolute atomic E-state index is 0.146. The molecule has 0 spiro atoms. The minimum Gasteiger partial charge on any atom is -0.380 e. The fourth-order valence-corrected chi connectivity index (χ4v) is 2.82. The van der Waals surface area contributed by atoms with Crippen molar-refractivity contribution in [3.05, 3.63) is 17.7 Å². The number of rotatable bonds is 2. The van der Waals surface area contributed by atoms with Gasteiger partial charge in [-0.15, -0.1) is 0 Å². The average molecular weight is 235 g/mol. The molecule has 0 aliphatic carbocycles. The number of hydrogen-bond donors (Lipinski definition) is 2. The van der Waals surface area contributed by atoms with Gasteiger partial charge in [0.2, 0.25) is 0 Å². The maximum atomic E-state index is 5.51. The molecule has 0 radical (unpaired) electrons. The van der Waals surface area contributed by atoms with Crippen LogP contribution in [0.25, 0.3) is 0 Å². The summed E-state index contributed by atoms with van der Waals surface area (Å²) in [6.07, 6.45) is 5.60. The molecule has 1 aromatic heterocycles. The molecule has 0 bridgehead atoms. The predicted molar refractivity (Wildman–Crippen MR) is 66.2 cm³/mol. The van der Waals surface area contributed by atoms with Gasteiger partial charge in [-0.2, -0.15) is 0 Å². The molecule has 4 heteroatoms. The van der Waals surface area contributed by atoms with Gasteiger partial charge in [0.15, 0.2) is 0 Å². The van der Waals surface area contributed by atoms with Crippen molar-refractivity contribution < 1.29 is 4.74 Å². The molecule has 2 aliphatic heterocycles. The van der Waals surface area contributed by atoms with E-state index in [2.05, 4.69) is 22.2 Å².